The van der Waals surface area contributed by atoms with Gasteiger partial charge in [-0.3, -0.25) is 0 Å². The van der Waals surface area contributed by atoms with E-state index in [2.05, 4.69) is 0 Å². The molecule has 0 aliphatic carbocycles. The topological polar surface area (TPSA) is 80.9 Å². The van der Waals surface area contributed by atoms with Gasteiger partial charge in [-0.1, -0.05) is 60.1 Å². The Morgan fingerprint density at radius 1 is 0.455 bits per heavy atom. The van der Waals surface area contributed by atoms with Crippen molar-refractivity contribution in [1.82, 2.24) is 0 Å². The molecule has 134 valence electrons. The summed E-state index contributed by atoms with van der Waals surface area (Å²) in [6, 6.07) is 0. The van der Waals surface area contributed by atoms with Crippen molar-refractivity contribution in [3.63, 3.8) is 0 Å². The highest BCUT2D eigenvalue weighted by Crippen LogP contribution is 2.24. The van der Waals surface area contributed by atoms with Gasteiger partial charge in [0, 0.05) is 11.5 Å². The molecule has 0 atom stereocenters. The van der Waals surface area contributed by atoms with Crippen LogP contribution in [0.1, 0.15) is 77.0 Å². The van der Waals surface area contributed by atoms with Crippen LogP contribution < -0.4 is 0 Å². The summed E-state index contributed by atoms with van der Waals surface area (Å²) in [7, 11) is 3.93. The van der Waals surface area contributed by atoms with Crippen LogP contribution in [0.25, 0.3) is 0 Å². The Morgan fingerprint density at radius 2 is 0.773 bits per heavy atom. The summed E-state index contributed by atoms with van der Waals surface area (Å²) >= 11 is 0. The van der Waals surface area contributed by atoms with Crippen molar-refractivity contribution in [2.45, 2.75) is 89.6 Å². The summed E-state index contributed by atoms with van der Waals surface area (Å²) in [6.07, 6.45) is 10.2. The van der Waals surface area contributed by atoms with E-state index in [-0.39, 0.29) is 0 Å². The maximum atomic E-state index is 8.71. The highest BCUT2D eigenvalue weighted by Gasteiger charge is 1.98. The maximum Gasteiger partial charge on any atom is 0.151 e. The predicted molar refractivity (Wildman–Crippen MR) is 96.8 cm³/mol. The third-order valence-corrected chi connectivity index (χ3v) is 6.04. The fraction of sp³-hybridized carbons (Fsp3) is 1.00. The lowest BCUT2D eigenvalue weighted by Crippen LogP contribution is -2.02. The average molecular weight is 355 g/mol. The second-order valence-electron chi connectivity index (χ2n) is 5.72. The molecule has 0 bridgehead atoms. The number of hydrogen-bond acceptors (Lipinski definition) is 6. The van der Waals surface area contributed by atoms with Crippen LogP contribution in [0.5, 0.6) is 0 Å². The van der Waals surface area contributed by atoms with Crippen LogP contribution in [0.4, 0.5) is 0 Å². The molecule has 4 nitrogen and oxygen atoms in total. The van der Waals surface area contributed by atoms with Crippen molar-refractivity contribution in [1.29, 1.82) is 0 Å². The van der Waals surface area contributed by atoms with Gasteiger partial charge in [-0.15, -0.1) is 0 Å². The van der Waals surface area contributed by atoms with Crippen molar-refractivity contribution in [3.05, 3.63) is 0 Å². The summed E-state index contributed by atoms with van der Waals surface area (Å²) in [5.74, 6) is 2.42. The summed E-state index contributed by atoms with van der Waals surface area (Å²) < 4.78 is 0. The second kappa shape index (κ2) is 17.9. The Balaban J connectivity index is 2.97. The molecule has 0 heterocycles. The van der Waals surface area contributed by atoms with E-state index in [0.717, 1.165) is 25.7 Å². The molecule has 0 aliphatic rings. The highest BCUT2D eigenvalue weighted by molar-refractivity contribution is 8.76. The van der Waals surface area contributed by atoms with Gasteiger partial charge in [-0.25, -0.2) is 0 Å². The van der Waals surface area contributed by atoms with E-state index in [1.165, 1.54) is 50.0 Å². The monoisotopic (exact) mass is 354 g/mol. The number of aliphatic hydroxyl groups excluding tert-OH is 2. The molecular weight excluding hydrogens is 320 g/mol. The van der Waals surface area contributed by atoms with E-state index >= 15 is 0 Å². The van der Waals surface area contributed by atoms with E-state index in [1.807, 2.05) is 21.6 Å². The minimum absolute atomic E-state index is 0.505. The molecule has 0 amide bonds. The van der Waals surface area contributed by atoms with Crippen molar-refractivity contribution >= 4 is 21.6 Å². The Labute approximate surface area is 143 Å². The summed E-state index contributed by atoms with van der Waals surface area (Å²) in [4.78, 5) is 0. The van der Waals surface area contributed by atoms with E-state index in [1.54, 1.807) is 0 Å². The molecule has 0 aromatic carbocycles. The lowest BCUT2D eigenvalue weighted by atomic mass is 10.1. The molecule has 0 saturated heterocycles. The Kier molecular flexibility index (Phi) is 18.3. The largest absolute Gasteiger partial charge is 0.368 e. The highest BCUT2D eigenvalue weighted by atomic mass is 33.1. The van der Waals surface area contributed by atoms with Crippen molar-refractivity contribution in [3.8, 4) is 0 Å². The molecule has 6 heteroatoms. The molecule has 0 aliphatic heterocycles. The lowest BCUT2D eigenvalue weighted by Gasteiger charge is -2.04. The Bertz CT molecular complexity index is 194. The predicted octanol–water partition coefficient (Wildman–Crippen LogP) is 3.67. The van der Waals surface area contributed by atoms with Gasteiger partial charge in [0.1, 0.15) is 0 Å². The van der Waals surface area contributed by atoms with Gasteiger partial charge < -0.3 is 20.4 Å². The quantitative estimate of drug-likeness (QED) is 0.181. The van der Waals surface area contributed by atoms with E-state index in [9.17, 15) is 0 Å². The molecule has 0 spiro atoms. The van der Waals surface area contributed by atoms with Crippen molar-refractivity contribution in [2.24, 2.45) is 0 Å². The zero-order chi connectivity index (χ0) is 16.5. The average Bonchev–Trinajstić information content (AvgIpc) is 2.46. The molecule has 0 fully saturated rings. The molecule has 22 heavy (non-hydrogen) atoms. The third kappa shape index (κ3) is 20.5. The van der Waals surface area contributed by atoms with Crippen LogP contribution >= 0.6 is 21.6 Å². The molecular formula is C16H34O4S2. The lowest BCUT2D eigenvalue weighted by molar-refractivity contribution is -0.0472. The fourth-order valence-corrected chi connectivity index (χ4v) is 4.45. The van der Waals surface area contributed by atoms with Gasteiger partial charge in [0.05, 0.1) is 0 Å². The first kappa shape index (κ1) is 22.5. The normalized spacial score (nSPS) is 11.7. The van der Waals surface area contributed by atoms with Gasteiger partial charge >= 0.3 is 0 Å². The number of unbranched alkanes of at least 4 members (excludes halogenated alkanes) is 8. The van der Waals surface area contributed by atoms with Crippen molar-refractivity contribution in [2.75, 3.05) is 11.5 Å². The minimum atomic E-state index is -1.13. The second-order valence-corrected chi connectivity index (χ2v) is 8.42. The SMILES string of the molecule is OC(O)CCCCCCCSSCCCCCCCC(O)O. The molecule has 0 unspecified atom stereocenters. The Morgan fingerprint density at radius 3 is 1.14 bits per heavy atom. The zero-order valence-electron chi connectivity index (χ0n) is 13.7. The van der Waals surface area contributed by atoms with Gasteiger partial charge in [-0.2, -0.15) is 0 Å². The van der Waals surface area contributed by atoms with E-state index in [0.29, 0.717) is 12.8 Å². The molecule has 0 rings (SSSR count). The van der Waals surface area contributed by atoms with Crippen molar-refractivity contribution < 1.29 is 20.4 Å². The first-order valence-electron chi connectivity index (χ1n) is 8.59. The van der Waals surface area contributed by atoms with Crippen LogP contribution in [-0.4, -0.2) is 44.5 Å². The molecule has 0 aromatic heterocycles. The molecule has 4 N–H and O–H groups in total. The zero-order valence-corrected chi connectivity index (χ0v) is 15.3. The van der Waals surface area contributed by atoms with Crippen LogP contribution in [0, 0.1) is 0 Å². The summed E-state index contributed by atoms with van der Waals surface area (Å²) in [5.41, 5.74) is 0. The maximum absolute atomic E-state index is 8.71. The van der Waals surface area contributed by atoms with Crippen LogP contribution in [-0.2, 0) is 0 Å². The van der Waals surface area contributed by atoms with Crippen LogP contribution in [0.3, 0.4) is 0 Å². The number of aliphatic hydroxyl groups is 4. The van der Waals surface area contributed by atoms with Crippen LogP contribution in [0.15, 0.2) is 0 Å². The van der Waals surface area contributed by atoms with Gasteiger partial charge in [0.2, 0.25) is 0 Å². The minimum Gasteiger partial charge on any atom is -0.368 e. The summed E-state index contributed by atoms with van der Waals surface area (Å²) in [6.45, 7) is 0. The van der Waals surface area contributed by atoms with E-state index in [4.69, 9.17) is 20.4 Å². The van der Waals surface area contributed by atoms with Gasteiger partial charge in [0.15, 0.2) is 12.6 Å². The smallest absolute Gasteiger partial charge is 0.151 e. The fourth-order valence-electron chi connectivity index (χ4n) is 2.15. The first-order chi connectivity index (χ1) is 10.6. The standard InChI is InChI=1S/C16H34O4S2/c17-15(18)11-7-3-1-5-9-13-21-22-14-10-6-2-4-8-12-16(19)20/h15-20H,1-14H2. The molecule has 0 saturated carbocycles. The van der Waals surface area contributed by atoms with Gasteiger partial charge in [0.25, 0.3) is 0 Å². The third-order valence-electron chi connectivity index (χ3n) is 3.46. The molecule has 0 radical (unpaired) electrons. The van der Waals surface area contributed by atoms with E-state index < -0.39 is 12.6 Å². The first-order valence-corrected chi connectivity index (χ1v) is 11.1. The molecule has 0 aromatic rings. The van der Waals surface area contributed by atoms with Gasteiger partial charge in [-0.05, 0) is 38.5 Å². The Hall–Kier alpha value is 0.540. The number of hydrogen-bond donors (Lipinski definition) is 4. The van der Waals surface area contributed by atoms with Crippen LogP contribution in [0.2, 0.25) is 0 Å². The number of rotatable bonds is 17. The summed E-state index contributed by atoms with van der Waals surface area (Å²) in [5, 5.41) is 34.8.